The molecule has 0 heterocycles. The number of rotatable bonds is 9. The van der Waals surface area contributed by atoms with Gasteiger partial charge in [0.05, 0.1) is 6.10 Å². The number of hydrogen-bond acceptors (Lipinski definition) is 2. The van der Waals surface area contributed by atoms with Crippen LogP contribution in [0.5, 0.6) is 0 Å². The van der Waals surface area contributed by atoms with Gasteiger partial charge in [-0.3, -0.25) is 0 Å². The van der Waals surface area contributed by atoms with Gasteiger partial charge in [-0.2, -0.15) is 0 Å². The van der Waals surface area contributed by atoms with Crippen LogP contribution >= 0.6 is 11.6 Å². The number of ether oxygens (including phenoxy) is 1. The third-order valence-corrected chi connectivity index (χ3v) is 2.23. The van der Waals surface area contributed by atoms with E-state index in [-0.39, 0.29) is 5.88 Å². The maximum Gasteiger partial charge on any atom is 0.0712 e. The van der Waals surface area contributed by atoms with Gasteiger partial charge >= 0.3 is 0 Å². The van der Waals surface area contributed by atoms with E-state index in [9.17, 15) is 5.11 Å². The van der Waals surface area contributed by atoms with Crippen molar-refractivity contribution in [1.82, 2.24) is 0 Å². The smallest absolute Gasteiger partial charge is 0.0712 e. The zero-order valence-electron chi connectivity index (χ0n) is 8.97. The van der Waals surface area contributed by atoms with Crippen LogP contribution in [0.1, 0.15) is 32.6 Å². The summed E-state index contributed by atoms with van der Waals surface area (Å²) in [5, 5.41) is 9.25. The number of hydrogen-bond donors (Lipinski definition) is 1. The lowest BCUT2D eigenvalue weighted by Crippen LogP contribution is -2.09. The van der Waals surface area contributed by atoms with E-state index in [2.05, 4.69) is 13.5 Å². The van der Waals surface area contributed by atoms with Gasteiger partial charge < -0.3 is 9.84 Å². The SMILES string of the molecule is C=C(CCCOCCC)CC(O)CCl. The highest BCUT2D eigenvalue weighted by Gasteiger charge is 2.04. The molecule has 2 nitrogen and oxygen atoms in total. The van der Waals surface area contributed by atoms with E-state index in [0.717, 1.165) is 38.0 Å². The summed E-state index contributed by atoms with van der Waals surface area (Å²) in [6.45, 7) is 7.59. The number of halogens is 1. The normalized spacial score (nSPS) is 12.8. The molecule has 0 aromatic carbocycles. The zero-order valence-corrected chi connectivity index (χ0v) is 9.72. The van der Waals surface area contributed by atoms with E-state index in [1.807, 2.05) is 0 Å². The minimum Gasteiger partial charge on any atom is -0.392 e. The predicted molar refractivity (Wildman–Crippen MR) is 60.8 cm³/mol. The lowest BCUT2D eigenvalue weighted by Gasteiger charge is -2.09. The van der Waals surface area contributed by atoms with Gasteiger partial charge in [-0.15, -0.1) is 11.6 Å². The van der Waals surface area contributed by atoms with Crippen LogP contribution in [0.2, 0.25) is 0 Å². The largest absolute Gasteiger partial charge is 0.392 e. The van der Waals surface area contributed by atoms with Crippen LogP contribution in [-0.2, 0) is 4.74 Å². The molecule has 1 N–H and O–H groups in total. The highest BCUT2D eigenvalue weighted by Crippen LogP contribution is 2.11. The van der Waals surface area contributed by atoms with E-state index >= 15 is 0 Å². The molecule has 0 rings (SSSR count). The second kappa shape index (κ2) is 9.50. The second-order valence-corrected chi connectivity index (χ2v) is 3.79. The molecule has 0 aliphatic heterocycles. The Hall–Kier alpha value is -0.0500. The highest BCUT2D eigenvalue weighted by molar-refractivity contribution is 6.18. The fraction of sp³-hybridized carbons (Fsp3) is 0.818. The Morgan fingerprint density at radius 2 is 2.21 bits per heavy atom. The summed E-state index contributed by atoms with van der Waals surface area (Å²) in [6, 6.07) is 0. The molecule has 0 saturated heterocycles. The van der Waals surface area contributed by atoms with E-state index in [0.29, 0.717) is 6.42 Å². The van der Waals surface area contributed by atoms with E-state index in [1.165, 1.54) is 0 Å². The van der Waals surface area contributed by atoms with Crippen molar-refractivity contribution in [2.24, 2.45) is 0 Å². The predicted octanol–water partition coefficient (Wildman–Crippen LogP) is 2.74. The summed E-state index contributed by atoms with van der Waals surface area (Å²) >= 11 is 5.48. The standard InChI is InChI=1S/C11H21ClO2/c1-3-6-14-7-4-5-10(2)8-11(13)9-12/h11,13H,2-9H2,1H3. The van der Waals surface area contributed by atoms with Crippen LogP contribution < -0.4 is 0 Å². The summed E-state index contributed by atoms with van der Waals surface area (Å²) in [7, 11) is 0. The maximum atomic E-state index is 9.25. The van der Waals surface area contributed by atoms with Crippen molar-refractivity contribution < 1.29 is 9.84 Å². The molecule has 0 spiro atoms. The Labute approximate surface area is 91.9 Å². The third-order valence-electron chi connectivity index (χ3n) is 1.87. The van der Waals surface area contributed by atoms with Crippen LogP contribution in [0.4, 0.5) is 0 Å². The lowest BCUT2D eigenvalue weighted by atomic mass is 10.1. The van der Waals surface area contributed by atoms with Gasteiger partial charge in [-0.1, -0.05) is 19.1 Å². The number of aliphatic hydroxyl groups excluding tert-OH is 1. The topological polar surface area (TPSA) is 29.5 Å². The van der Waals surface area contributed by atoms with Gasteiger partial charge in [0.1, 0.15) is 0 Å². The fourth-order valence-corrected chi connectivity index (χ4v) is 1.27. The van der Waals surface area contributed by atoms with Gasteiger partial charge in [0.25, 0.3) is 0 Å². The van der Waals surface area contributed by atoms with Crippen molar-refractivity contribution in [1.29, 1.82) is 0 Å². The molecule has 0 saturated carbocycles. The Balaban J connectivity index is 3.27. The van der Waals surface area contributed by atoms with Crippen molar-refractivity contribution in [3.05, 3.63) is 12.2 Å². The Bertz CT molecular complexity index is 148. The van der Waals surface area contributed by atoms with Crippen LogP contribution in [0.3, 0.4) is 0 Å². The van der Waals surface area contributed by atoms with Gasteiger partial charge in [0, 0.05) is 19.1 Å². The van der Waals surface area contributed by atoms with Crippen LogP contribution in [-0.4, -0.2) is 30.3 Å². The third kappa shape index (κ3) is 8.54. The summed E-state index contributed by atoms with van der Waals surface area (Å²) < 4.78 is 5.33. The van der Waals surface area contributed by atoms with E-state index in [1.54, 1.807) is 0 Å². The summed E-state index contributed by atoms with van der Waals surface area (Å²) in [5.74, 6) is 0.283. The summed E-state index contributed by atoms with van der Waals surface area (Å²) in [6.07, 6.45) is 3.12. The Kier molecular flexibility index (Phi) is 9.47. The molecule has 1 unspecified atom stereocenters. The van der Waals surface area contributed by atoms with Gasteiger partial charge in [-0.05, 0) is 25.7 Å². The van der Waals surface area contributed by atoms with E-state index in [4.69, 9.17) is 16.3 Å². The van der Waals surface area contributed by atoms with Gasteiger partial charge in [0.2, 0.25) is 0 Å². The molecule has 0 fully saturated rings. The monoisotopic (exact) mass is 220 g/mol. The van der Waals surface area contributed by atoms with Crippen LogP contribution in [0, 0.1) is 0 Å². The first-order valence-corrected chi connectivity index (χ1v) is 5.72. The quantitative estimate of drug-likeness (QED) is 0.368. The van der Waals surface area contributed by atoms with Gasteiger partial charge in [0.15, 0.2) is 0 Å². The van der Waals surface area contributed by atoms with Crippen molar-refractivity contribution in [3.63, 3.8) is 0 Å². The van der Waals surface area contributed by atoms with Gasteiger partial charge in [-0.25, -0.2) is 0 Å². The van der Waals surface area contributed by atoms with Crippen molar-refractivity contribution in [3.8, 4) is 0 Å². The average Bonchev–Trinajstić information content (AvgIpc) is 2.17. The zero-order chi connectivity index (χ0) is 10.8. The van der Waals surface area contributed by atoms with Crippen LogP contribution in [0.25, 0.3) is 0 Å². The number of alkyl halides is 1. The minimum absolute atomic E-state index is 0.283. The Morgan fingerprint density at radius 1 is 1.50 bits per heavy atom. The maximum absolute atomic E-state index is 9.25. The molecule has 0 aromatic heterocycles. The molecule has 0 radical (unpaired) electrons. The first-order chi connectivity index (χ1) is 6.70. The fourth-order valence-electron chi connectivity index (χ4n) is 1.16. The molecular weight excluding hydrogens is 200 g/mol. The molecule has 84 valence electrons. The first kappa shape index (κ1) is 13.9. The Morgan fingerprint density at radius 3 is 2.79 bits per heavy atom. The summed E-state index contributed by atoms with van der Waals surface area (Å²) in [5.41, 5.74) is 1.05. The highest BCUT2D eigenvalue weighted by atomic mass is 35.5. The summed E-state index contributed by atoms with van der Waals surface area (Å²) in [4.78, 5) is 0. The molecule has 0 aliphatic carbocycles. The molecule has 0 bridgehead atoms. The average molecular weight is 221 g/mol. The van der Waals surface area contributed by atoms with E-state index < -0.39 is 6.10 Å². The lowest BCUT2D eigenvalue weighted by molar-refractivity contribution is 0.131. The minimum atomic E-state index is -0.444. The molecular formula is C11H21ClO2. The van der Waals surface area contributed by atoms with Crippen LogP contribution in [0.15, 0.2) is 12.2 Å². The number of aliphatic hydroxyl groups is 1. The molecule has 1 atom stereocenters. The molecule has 3 heteroatoms. The second-order valence-electron chi connectivity index (χ2n) is 3.48. The van der Waals surface area contributed by atoms with Crippen molar-refractivity contribution in [2.75, 3.05) is 19.1 Å². The van der Waals surface area contributed by atoms with Crippen molar-refractivity contribution >= 4 is 11.6 Å². The molecule has 0 aliphatic rings. The molecule has 0 amide bonds. The first-order valence-electron chi connectivity index (χ1n) is 5.19. The molecule has 0 aromatic rings. The molecule has 14 heavy (non-hydrogen) atoms. The van der Waals surface area contributed by atoms with Crippen molar-refractivity contribution in [2.45, 2.75) is 38.7 Å².